The number of carbonyl (C=O) groups excluding carboxylic acids is 2. The van der Waals surface area contributed by atoms with Crippen molar-refractivity contribution in [3.05, 3.63) is 65.2 Å². The van der Waals surface area contributed by atoms with E-state index in [2.05, 4.69) is 10.6 Å². The fourth-order valence-electron chi connectivity index (χ4n) is 4.00. The van der Waals surface area contributed by atoms with E-state index < -0.39 is 39.2 Å². The van der Waals surface area contributed by atoms with Crippen molar-refractivity contribution in [2.75, 3.05) is 12.8 Å². The van der Waals surface area contributed by atoms with Crippen molar-refractivity contribution < 1.29 is 27.9 Å². The van der Waals surface area contributed by atoms with Gasteiger partial charge in [-0.05, 0) is 40.5 Å². The van der Waals surface area contributed by atoms with Crippen molar-refractivity contribution >= 4 is 21.7 Å². The molecular weight excluding hydrogens is 506 g/mol. The first kappa shape index (κ1) is 31.3. The molecule has 38 heavy (non-hydrogen) atoms. The number of nitrogens with two attached hydrogens (primary N) is 1. The van der Waals surface area contributed by atoms with E-state index in [4.69, 9.17) is 10.5 Å². The lowest BCUT2D eigenvalue weighted by Gasteiger charge is -2.29. The molecule has 0 radical (unpaired) electrons. The standard InChI is InChI=1S/C28H41N3O6S/c1-18(2)25(30-16-24(33)37-17-19-10-8-7-9-11-19)27(34)31-22(26(29)38(6,35)36)15-20-12-13-23(32)21(14-20)28(3,4)5/h7-14,18,22,25-26,30,32H,15-17,29H2,1-6H3,(H,31,34). The predicted octanol–water partition coefficient (Wildman–Crippen LogP) is 2.40. The van der Waals surface area contributed by atoms with Gasteiger partial charge in [0.1, 0.15) is 17.7 Å². The van der Waals surface area contributed by atoms with Crippen LogP contribution in [0.4, 0.5) is 0 Å². The third-order valence-electron chi connectivity index (χ3n) is 6.20. The summed E-state index contributed by atoms with van der Waals surface area (Å²) in [6.07, 6.45) is 1.16. The molecule has 3 atom stereocenters. The molecule has 0 fully saturated rings. The maximum atomic E-state index is 13.3. The fraction of sp³-hybridized carbons (Fsp3) is 0.500. The molecule has 210 valence electrons. The molecule has 0 bridgehead atoms. The Morgan fingerprint density at radius 1 is 1.05 bits per heavy atom. The highest BCUT2D eigenvalue weighted by Crippen LogP contribution is 2.31. The Balaban J connectivity index is 2.15. The van der Waals surface area contributed by atoms with Crippen LogP contribution in [-0.2, 0) is 42.6 Å². The molecule has 0 aliphatic rings. The van der Waals surface area contributed by atoms with Crippen LogP contribution in [0.15, 0.2) is 48.5 Å². The van der Waals surface area contributed by atoms with Crippen LogP contribution in [0.25, 0.3) is 0 Å². The molecule has 0 heterocycles. The lowest BCUT2D eigenvalue weighted by molar-refractivity contribution is -0.144. The summed E-state index contributed by atoms with van der Waals surface area (Å²) < 4.78 is 30.0. The quantitative estimate of drug-likeness (QED) is 0.296. The number of sulfone groups is 1. The number of phenols is 1. The molecule has 2 aromatic rings. The first-order valence-corrected chi connectivity index (χ1v) is 14.5. The van der Waals surface area contributed by atoms with Gasteiger partial charge >= 0.3 is 5.97 Å². The number of hydrogen-bond acceptors (Lipinski definition) is 8. The van der Waals surface area contributed by atoms with Gasteiger partial charge in [-0.15, -0.1) is 0 Å². The molecule has 10 heteroatoms. The zero-order valence-electron chi connectivity index (χ0n) is 23.0. The van der Waals surface area contributed by atoms with Crippen molar-refractivity contribution in [3.8, 4) is 5.75 Å². The number of nitrogens with one attached hydrogen (secondary N) is 2. The maximum Gasteiger partial charge on any atom is 0.320 e. The van der Waals surface area contributed by atoms with Gasteiger partial charge < -0.3 is 20.9 Å². The molecular formula is C28H41N3O6S. The number of rotatable bonds is 12. The van der Waals surface area contributed by atoms with Gasteiger partial charge in [-0.3, -0.25) is 14.9 Å². The Bertz CT molecular complexity index is 1190. The summed E-state index contributed by atoms with van der Waals surface area (Å²) in [5, 5.41) is 14.6. The first-order valence-electron chi connectivity index (χ1n) is 12.6. The van der Waals surface area contributed by atoms with Gasteiger partial charge in [0.25, 0.3) is 0 Å². The summed E-state index contributed by atoms with van der Waals surface area (Å²) in [6, 6.07) is 12.5. The highest BCUT2D eigenvalue weighted by Gasteiger charge is 2.32. The molecule has 0 spiro atoms. The van der Waals surface area contributed by atoms with Gasteiger partial charge in [-0.25, -0.2) is 8.42 Å². The Labute approximate surface area is 226 Å². The second-order valence-corrected chi connectivity index (χ2v) is 13.2. The largest absolute Gasteiger partial charge is 0.508 e. The van der Waals surface area contributed by atoms with Crippen molar-refractivity contribution in [2.45, 2.75) is 70.5 Å². The van der Waals surface area contributed by atoms with Crippen LogP contribution in [-0.4, -0.2) is 55.7 Å². The van der Waals surface area contributed by atoms with Gasteiger partial charge in [-0.2, -0.15) is 0 Å². The zero-order chi connectivity index (χ0) is 28.7. The van der Waals surface area contributed by atoms with E-state index in [9.17, 15) is 23.1 Å². The molecule has 0 aromatic heterocycles. The monoisotopic (exact) mass is 547 g/mol. The first-order chi connectivity index (χ1) is 17.6. The number of esters is 1. The Morgan fingerprint density at radius 3 is 2.24 bits per heavy atom. The maximum absolute atomic E-state index is 13.3. The van der Waals surface area contributed by atoms with E-state index >= 15 is 0 Å². The number of carbonyl (C=O) groups is 2. The predicted molar refractivity (Wildman–Crippen MR) is 148 cm³/mol. The molecule has 3 unspecified atom stereocenters. The highest BCUT2D eigenvalue weighted by atomic mass is 32.2. The van der Waals surface area contributed by atoms with E-state index in [1.54, 1.807) is 18.2 Å². The third-order valence-corrected chi connectivity index (χ3v) is 7.52. The molecule has 0 saturated carbocycles. The molecule has 0 aliphatic carbocycles. The van der Waals surface area contributed by atoms with E-state index in [0.29, 0.717) is 5.56 Å². The summed E-state index contributed by atoms with van der Waals surface area (Å²) in [6.45, 7) is 9.42. The van der Waals surface area contributed by atoms with E-state index in [1.165, 1.54) is 0 Å². The number of hydrogen-bond donors (Lipinski definition) is 4. The minimum atomic E-state index is -3.70. The van der Waals surface area contributed by atoms with Crippen LogP contribution < -0.4 is 16.4 Å². The molecule has 9 nitrogen and oxygen atoms in total. The average molecular weight is 548 g/mol. The molecule has 2 rings (SSSR count). The van der Waals surface area contributed by atoms with Crippen LogP contribution in [0.1, 0.15) is 51.3 Å². The molecule has 0 aliphatic heterocycles. The Morgan fingerprint density at radius 2 is 1.68 bits per heavy atom. The zero-order valence-corrected chi connectivity index (χ0v) is 23.8. The van der Waals surface area contributed by atoms with Crippen LogP contribution in [0.3, 0.4) is 0 Å². The van der Waals surface area contributed by atoms with Crippen molar-refractivity contribution in [1.82, 2.24) is 10.6 Å². The minimum Gasteiger partial charge on any atom is -0.508 e. The topological polar surface area (TPSA) is 148 Å². The molecule has 0 saturated heterocycles. The number of amides is 1. The van der Waals surface area contributed by atoms with E-state index in [1.807, 2.05) is 65.0 Å². The second-order valence-electron chi connectivity index (χ2n) is 11.0. The minimum absolute atomic E-state index is 0.119. The van der Waals surface area contributed by atoms with Gasteiger partial charge in [0.05, 0.1) is 18.6 Å². The molecule has 1 amide bonds. The number of aromatic hydroxyl groups is 1. The summed E-state index contributed by atoms with van der Waals surface area (Å²) in [5.41, 5.74) is 8.01. The van der Waals surface area contributed by atoms with Crippen molar-refractivity contribution in [2.24, 2.45) is 11.7 Å². The summed E-state index contributed by atoms with van der Waals surface area (Å²) >= 11 is 0. The number of ether oxygens (including phenoxy) is 1. The summed E-state index contributed by atoms with van der Waals surface area (Å²) in [7, 11) is -3.70. The van der Waals surface area contributed by atoms with Gasteiger partial charge in [0, 0.05) is 6.26 Å². The smallest absolute Gasteiger partial charge is 0.320 e. The third kappa shape index (κ3) is 9.41. The highest BCUT2D eigenvalue weighted by molar-refractivity contribution is 7.91. The van der Waals surface area contributed by atoms with Crippen LogP contribution >= 0.6 is 0 Å². The molecule has 2 aromatic carbocycles. The SMILES string of the molecule is CC(C)C(NCC(=O)OCc1ccccc1)C(=O)NC(Cc1ccc(O)c(C(C)(C)C)c1)C(N)S(C)(=O)=O. The van der Waals surface area contributed by atoms with Gasteiger partial charge in [0.2, 0.25) is 5.91 Å². The lowest BCUT2D eigenvalue weighted by atomic mass is 9.84. The van der Waals surface area contributed by atoms with Crippen molar-refractivity contribution in [1.29, 1.82) is 0 Å². The van der Waals surface area contributed by atoms with Crippen LogP contribution in [0.2, 0.25) is 0 Å². The lowest BCUT2D eigenvalue weighted by Crippen LogP contribution is -2.57. The molecule has 5 N–H and O–H groups in total. The second kappa shape index (κ2) is 13.2. The van der Waals surface area contributed by atoms with Gasteiger partial charge in [0.15, 0.2) is 9.84 Å². The number of phenolic OH excluding ortho intramolecular Hbond substituents is 1. The Hall–Kier alpha value is -2.95. The Kier molecular flexibility index (Phi) is 10.9. The van der Waals surface area contributed by atoms with Crippen molar-refractivity contribution in [3.63, 3.8) is 0 Å². The fourth-order valence-corrected chi connectivity index (χ4v) is 4.76. The van der Waals surface area contributed by atoms with Crippen LogP contribution in [0.5, 0.6) is 5.75 Å². The normalized spacial score (nSPS) is 14.5. The summed E-state index contributed by atoms with van der Waals surface area (Å²) in [5.74, 6) is -1.07. The average Bonchev–Trinajstić information content (AvgIpc) is 2.82. The van der Waals surface area contributed by atoms with E-state index in [0.717, 1.165) is 17.4 Å². The van der Waals surface area contributed by atoms with E-state index in [-0.39, 0.29) is 36.7 Å². The van der Waals surface area contributed by atoms with Crippen LogP contribution in [0, 0.1) is 5.92 Å². The van der Waals surface area contributed by atoms with Gasteiger partial charge in [-0.1, -0.05) is 77.1 Å². The number of benzene rings is 2. The summed E-state index contributed by atoms with van der Waals surface area (Å²) in [4.78, 5) is 25.5.